The van der Waals surface area contributed by atoms with E-state index < -0.39 is 5.54 Å². The molecule has 2 N–H and O–H groups in total. The van der Waals surface area contributed by atoms with Crippen LogP contribution in [0.25, 0.3) is 11.0 Å². The van der Waals surface area contributed by atoms with Gasteiger partial charge in [0.15, 0.2) is 5.76 Å². The van der Waals surface area contributed by atoms with Crippen molar-refractivity contribution in [1.29, 1.82) is 0 Å². The lowest BCUT2D eigenvalue weighted by Gasteiger charge is -2.42. The molecule has 0 unspecified atom stereocenters. The summed E-state index contributed by atoms with van der Waals surface area (Å²) in [6, 6.07) is 7.24. The zero-order valence-electron chi connectivity index (χ0n) is 16.6. The van der Waals surface area contributed by atoms with Gasteiger partial charge >= 0.3 is 6.03 Å². The summed E-state index contributed by atoms with van der Waals surface area (Å²) in [6.45, 7) is 0.522. The van der Waals surface area contributed by atoms with Crippen LogP contribution in [0, 0.1) is 0 Å². The molecule has 1 aromatic carbocycles. The van der Waals surface area contributed by atoms with Gasteiger partial charge in [0.25, 0.3) is 5.91 Å². The molecule has 5 rings (SSSR count). The Labute approximate surface area is 183 Å². The number of urea groups is 1. The Bertz CT molecular complexity index is 1130. The molecule has 2 aromatic heterocycles. The Morgan fingerprint density at radius 2 is 2.10 bits per heavy atom. The first-order valence-corrected chi connectivity index (χ1v) is 11.4. The van der Waals surface area contributed by atoms with Gasteiger partial charge in [-0.15, -0.1) is 11.3 Å². The number of nitrogens with zero attached hydrogens (tertiary/aromatic N) is 1. The molecule has 2 aliphatic rings. The van der Waals surface area contributed by atoms with Crippen LogP contribution in [0.3, 0.4) is 0 Å². The standard InChI is InChI=1S/C22H22ClN3O3S/c1-26(12-14-6-5-9-30-14)20(27)16-11-13-10-15(23)18-17(19(13)29-16)22(25-21(28)24-18)7-3-2-4-8-22/h5-6,9-11H,2-4,7-8,12H2,1H3,(H2,24,25,28). The largest absolute Gasteiger partial charge is 0.450 e. The number of rotatable bonds is 3. The number of benzene rings is 1. The number of amides is 3. The molecular weight excluding hydrogens is 422 g/mol. The Balaban J connectivity index is 1.59. The number of carbonyl (C=O) groups is 2. The molecule has 1 saturated carbocycles. The maximum absolute atomic E-state index is 13.0. The average molecular weight is 444 g/mol. The minimum atomic E-state index is -0.514. The fourth-order valence-corrected chi connectivity index (χ4v) is 5.70. The number of nitrogens with one attached hydrogen (secondary N) is 2. The lowest BCUT2D eigenvalue weighted by atomic mass is 9.74. The summed E-state index contributed by atoms with van der Waals surface area (Å²) in [5, 5.41) is 9.21. The minimum absolute atomic E-state index is 0.185. The lowest BCUT2D eigenvalue weighted by molar-refractivity contribution is 0.0757. The van der Waals surface area contributed by atoms with Crippen molar-refractivity contribution in [3.63, 3.8) is 0 Å². The van der Waals surface area contributed by atoms with Gasteiger partial charge in [0.05, 0.1) is 22.8 Å². The van der Waals surface area contributed by atoms with Gasteiger partial charge < -0.3 is 20.0 Å². The highest BCUT2D eigenvalue weighted by Crippen LogP contribution is 2.49. The average Bonchev–Trinajstić information content (AvgIpc) is 3.37. The first-order valence-electron chi connectivity index (χ1n) is 10.1. The molecule has 0 atom stereocenters. The van der Waals surface area contributed by atoms with Gasteiger partial charge in [-0.05, 0) is 36.4 Å². The van der Waals surface area contributed by atoms with E-state index in [0.29, 0.717) is 22.8 Å². The van der Waals surface area contributed by atoms with Crippen LogP contribution >= 0.6 is 22.9 Å². The molecule has 1 fully saturated rings. The van der Waals surface area contributed by atoms with Crippen LogP contribution in [0.1, 0.15) is 53.1 Å². The van der Waals surface area contributed by atoms with E-state index in [-0.39, 0.29) is 17.7 Å². The molecule has 1 aliphatic carbocycles. The smallest absolute Gasteiger partial charge is 0.319 e. The quantitative estimate of drug-likeness (QED) is 0.544. The van der Waals surface area contributed by atoms with Gasteiger partial charge in [-0.2, -0.15) is 0 Å². The van der Waals surface area contributed by atoms with E-state index >= 15 is 0 Å². The molecule has 3 amide bonds. The van der Waals surface area contributed by atoms with Crippen molar-refractivity contribution in [3.05, 3.63) is 50.9 Å². The summed E-state index contributed by atoms with van der Waals surface area (Å²) >= 11 is 8.17. The van der Waals surface area contributed by atoms with Crippen LogP contribution in [0.15, 0.2) is 34.1 Å². The van der Waals surface area contributed by atoms with E-state index in [1.54, 1.807) is 35.4 Å². The summed E-state index contributed by atoms with van der Waals surface area (Å²) in [4.78, 5) is 28.2. The third-order valence-electron chi connectivity index (χ3n) is 6.07. The maximum atomic E-state index is 13.0. The molecule has 8 heteroatoms. The van der Waals surface area contributed by atoms with Crippen LogP contribution in [0.4, 0.5) is 10.5 Å². The number of hydrogen-bond donors (Lipinski definition) is 2. The third-order valence-corrected chi connectivity index (χ3v) is 7.23. The fourth-order valence-electron chi connectivity index (χ4n) is 4.68. The second-order valence-electron chi connectivity index (χ2n) is 8.10. The topological polar surface area (TPSA) is 74.6 Å². The van der Waals surface area contributed by atoms with Crippen LogP contribution in [-0.2, 0) is 12.1 Å². The van der Waals surface area contributed by atoms with Crippen LogP contribution in [0.2, 0.25) is 5.02 Å². The fraction of sp³-hybridized carbons (Fsp3) is 0.364. The van der Waals surface area contributed by atoms with E-state index in [1.807, 2.05) is 17.5 Å². The molecule has 0 radical (unpaired) electrons. The summed E-state index contributed by atoms with van der Waals surface area (Å²) in [6.07, 6.45) is 4.82. The molecule has 0 bridgehead atoms. The second kappa shape index (κ2) is 7.32. The highest BCUT2D eigenvalue weighted by atomic mass is 35.5. The van der Waals surface area contributed by atoms with E-state index in [1.165, 1.54) is 0 Å². The predicted molar refractivity (Wildman–Crippen MR) is 118 cm³/mol. The number of anilines is 1. The Morgan fingerprint density at radius 1 is 1.30 bits per heavy atom. The van der Waals surface area contributed by atoms with Crippen molar-refractivity contribution in [3.8, 4) is 0 Å². The van der Waals surface area contributed by atoms with Crippen molar-refractivity contribution in [2.24, 2.45) is 0 Å². The number of halogens is 1. The highest BCUT2D eigenvalue weighted by molar-refractivity contribution is 7.09. The molecule has 0 saturated heterocycles. The number of hydrogen-bond acceptors (Lipinski definition) is 4. The van der Waals surface area contributed by atoms with Gasteiger partial charge in [-0.1, -0.05) is 36.9 Å². The predicted octanol–water partition coefficient (Wildman–Crippen LogP) is 5.71. The minimum Gasteiger partial charge on any atom is -0.450 e. The molecule has 1 aliphatic heterocycles. The van der Waals surface area contributed by atoms with E-state index in [2.05, 4.69) is 10.6 Å². The second-order valence-corrected chi connectivity index (χ2v) is 9.54. The molecule has 156 valence electrons. The lowest BCUT2D eigenvalue weighted by Crippen LogP contribution is -2.52. The Kier molecular flexibility index (Phi) is 4.75. The number of carbonyl (C=O) groups excluding carboxylic acids is 2. The normalized spacial score (nSPS) is 17.5. The van der Waals surface area contributed by atoms with Crippen LogP contribution < -0.4 is 10.6 Å². The van der Waals surface area contributed by atoms with Crippen LogP contribution in [-0.4, -0.2) is 23.9 Å². The number of thiophene rings is 1. The molecule has 6 nitrogen and oxygen atoms in total. The van der Waals surface area contributed by atoms with Gasteiger partial charge in [-0.25, -0.2) is 4.79 Å². The van der Waals surface area contributed by atoms with Gasteiger partial charge in [0, 0.05) is 22.9 Å². The molecule has 3 heterocycles. The monoisotopic (exact) mass is 443 g/mol. The van der Waals surface area contributed by atoms with Crippen molar-refractivity contribution < 1.29 is 14.0 Å². The van der Waals surface area contributed by atoms with Gasteiger partial charge in [0.2, 0.25) is 0 Å². The van der Waals surface area contributed by atoms with Gasteiger partial charge in [-0.3, -0.25) is 4.79 Å². The summed E-state index contributed by atoms with van der Waals surface area (Å²) in [7, 11) is 1.77. The molecular formula is C22H22ClN3O3S. The van der Waals surface area contributed by atoms with Crippen molar-refractivity contribution >= 4 is 51.5 Å². The van der Waals surface area contributed by atoms with E-state index in [9.17, 15) is 9.59 Å². The van der Waals surface area contributed by atoms with Crippen molar-refractivity contribution in [2.75, 3.05) is 12.4 Å². The van der Waals surface area contributed by atoms with Gasteiger partial charge in [0.1, 0.15) is 5.58 Å². The van der Waals surface area contributed by atoms with Crippen molar-refractivity contribution in [2.45, 2.75) is 44.2 Å². The Hall–Kier alpha value is -2.51. The summed E-state index contributed by atoms with van der Waals surface area (Å²) in [5.74, 6) is 0.0892. The highest BCUT2D eigenvalue weighted by Gasteiger charge is 2.44. The zero-order valence-corrected chi connectivity index (χ0v) is 18.2. The Morgan fingerprint density at radius 3 is 2.83 bits per heavy atom. The van der Waals surface area contributed by atoms with E-state index in [4.69, 9.17) is 16.0 Å². The summed E-state index contributed by atoms with van der Waals surface area (Å²) in [5.41, 5.74) is 1.57. The summed E-state index contributed by atoms with van der Waals surface area (Å²) < 4.78 is 6.15. The van der Waals surface area contributed by atoms with E-state index in [0.717, 1.165) is 47.9 Å². The number of fused-ring (bicyclic) bond motifs is 4. The SMILES string of the molecule is CN(Cc1cccs1)C(=O)c1cc2cc(Cl)c3c(c2o1)C1(CCCCC1)NC(=O)N3. The zero-order chi connectivity index (χ0) is 20.9. The molecule has 1 spiro atoms. The van der Waals surface area contributed by atoms with Crippen LogP contribution in [0.5, 0.6) is 0 Å². The maximum Gasteiger partial charge on any atom is 0.319 e. The first kappa shape index (κ1) is 19.5. The molecule has 30 heavy (non-hydrogen) atoms. The third kappa shape index (κ3) is 3.17. The number of furan rings is 1. The first-order chi connectivity index (χ1) is 14.5. The van der Waals surface area contributed by atoms with Crippen molar-refractivity contribution in [1.82, 2.24) is 10.2 Å². The molecule has 3 aromatic rings.